The molecule has 0 bridgehead atoms. The first kappa shape index (κ1) is 13.2. The predicted molar refractivity (Wildman–Crippen MR) is 80.5 cm³/mol. The van der Waals surface area contributed by atoms with Gasteiger partial charge in [-0.05, 0) is 37.2 Å². The Bertz CT molecular complexity index is 455. The van der Waals surface area contributed by atoms with Crippen LogP contribution in [0.15, 0.2) is 30.3 Å². The maximum Gasteiger partial charge on any atom is 0.233 e. The Hall–Kier alpha value is -0.830. The van der Waals surface area contributed by atoms with Gasteiger partial charge in [-0.2, -0.15) is 0 Å². The largest absolute Gasteiger partial charge is 0.342 e. The van der Waals surface area contributed by atoms with Gasteiger partial charge in [-0.15, -0.1) is 0 Å². The average Bonchev–Trinajstić information content (AvgIpc) is 3.14. The van der Waals surface area contributed by atoms with E-state index in [-0.39, 0.29) is 5.41 Å². The maximum absolute atomic E-state index is 12.8. The van der Waals surface area contributed by atoms with E-state index < -0.39 is 0 Å². The lowest BCUT2D eigenvalue weighted by molar-refractivity contribution is -0.133. The molecule has 1 saturated carbocycles. The number of alkyl halides is 1. The van der Waals surface area contributed by atoms with Crippen molar-refractivity contribution in [3.63, 3.8) is 0 Å². The highest BCUT2D eigenvalue weighted by Gasteiger charge is 2.53. The SMILES string of the molecule is O=C(N1CCC(CCBr)C1)C1(c2ccccc2)CC1. The van der Waals surface area contributed by atoms with Gasteiger partial charge in [0.15, 0.2) is 0 Å². The first-order chi connectivity index (χ1) is 9.26. The van der Waals surface area contributed by atoms with E-state index in [4.69, 9.17) is 0 Å². The minimum Gasteiger partial charge on any atom is -0.342 e. The molecule has 1 aromatic rings. The summed E-state index contributed by atoms with van der Waals surface area (Å²) in [6, 6.07) is 10.3. The van der Waals surface area contributed by atoms with Crippen molar-refractivity contribution in [2.24, 2.45) is 5.92 Å². The van der Waals surface area contributed by atoms with Gasteiger partial charge in [0.1, 0.15) is 0 Å². The molecule has 19 heavy (non-hydrogen) atoms. The molecule has 3 rings (SSSR count). The number of nitrogens with zero attached hydrogens (tertiary/aromatic N) is 1. The highest BCUT2D eigenvalue weighted by Crippen LogP contribution is 2.50. The van der Waals surface area contributed by atoms with E-state index in [1.165, 1.54) is 18.4 Å². The minimum absolute atomic E-state index is 0.176. The number of carbonyl (C=O) groups excluding carboxylic acids is 1. The number of likely N-dealkylation sites (tertiary alicyclic amines) is 1. The molecule has 1 aliphatic heterocycles. The molecule has 0 radical (unpaired) electrons. The first-order valence-electron chi connectivity index (χ1n) is 7.17. The lowest BCUT2D eigenvalue weighted by atomic mass is 9.94. The van der Waals surface area contributed by atoms with Crippen LogP contribution in [0.1, 0.15) is 31.2 Å². The fraction of sp³-hybridized carbons (Fsp3) is 0.562. The Balaban J connectivity index is 1.71. The first-order valence-corrected chi connectivity index (χ1v) is 8.29. The van der Waals surface area contributed by atoms with Gasteiger partial charge in [0.25, 0.3) is 0 Å². The maximum atomic E-state index is 12.8. The molecule has 0 N–H and O–H groups in total. The second-order valence-electron chi connectivity index (χ2n) is 5.83. The van der Waals surface area contributed by atoms with E-state index in [1.807, 2.05) is 18.2 Å². The van der Waals surface area contributed by atoms with Crippen LogP contribution < -0.4 is 0 Å². The Morgan fingerprint density at radius 2 is 2.05 bits per heavy atom. The molecule has 1 heterocycles. The van der Waals surface area contributed by atoms with Crippen LogP contribution in [0.5, 0.6) is 0 Å². The van der Waals surface area contributed by atoms with Crippen molar-refractivity contribution in [3.8, 4) is 0 Å². The van der Waals surface area contributed by atoms with Crippen molar-refractivity contribution in [2.45, 2.75) is 31.1 Å². The number of halogens is 1. The monoisotopic (exact) mass is 321 g/mol. The quantitative estimate of drug-likeness (QED) is 0.779. The summed E-state index contributed by atoms with van der Waals surface area (Å²) < 4.78 is 0. The van der Waals surface area contributed by atoms with Crippen molar-refractivity contribution < 1.29 is 4.79 Å². The van der Waals surface area contributed by atoms with Crippen molar-refractivity contribution in [2.75, 3.05) is 18.4 Å². The van der Waals surface area contributed by atoms with E-state index >= 15 is 0 Å². The molecule has 1 amide bonds. The molecule has 0 spiro atoms. The summed E-state index contributed by atoms with van der Waals surface area (Å²) in [5, 5.41) is 1.05. The summed E-state index contributed by atoms with van der Waals surface area (Å²) in [6.45, 7) is 1.91. The summed E-state index contributed by atoms with van der Waals surface area (Å²) >= 11 is 3.50. The van der Waals surface area contributed by atoms with Crippen LogP contribution in [0.4, 0.5) is 0 Å². The van der Waals surface area contributed by atoms with Crippen LogP contribution in [-0.4, -0.2) is 29.2 Å². The van der Waals surface area contributed by atoms with Gasteiger partial charge in [-0.25, -0.2) is 0 Å². The number of benzene rings is 1. The summed E-state index contributed by atoms with van der Waals surface area (Å²) in [4.78, 5) is 14.9. The lowest BCUT2D eigenvalue weighted by Gasteiger charge is -2.23. The Labute approximate surface area is 123 Å². The van der Waals surface area contributed by atoms with E-state index in [0.717, 1.165) is 31.3 Å². The third-order valence-corrected chi connectivity index (χ3v) is 5.03. The zero-order chi connectivity index (χ0) is 13.3. The van der Waals surface area contributed by atoms with Crippen LogP contribution in [0.25, 0.3) is 0 Å². The second-order valence-corrected chi connectivity index (χ2v) is 6.62. The topological polar surface area (TPSA) is 20.3 Å². The van der Waals surface area contributed by atoms with Crippen molar-refractivity contribution in [1.29, 1.82) is 0 Å². The molecule has 1 saturated heterocycles. The smallest absolute Gasteiger partial charge is 0.233 e. The van der Waals surface area contributed by atoms with Gasteiger partial charge in [-0.3, -0.25) is 4.79 Å². The Kier molecular flexibility index (Phi) is 3.66. The molecule has 2 aliphatic rings. The highest BCUT2D eigenvalue weighted by molar-refractivity contribution is 9.09. The molecule has 1 unspecified atom stereocenters. The molecule has 0 aromatic heterocycles. The molecule has 1 aromatic carbocycles. The van der Waals surface area contributed by atoms with Gasteiger partial charge in [-0.1, -0.05) is 46.3 Å². The molecule has 102 valence electrons. The van der Waals surface area contributed by atoms with Gasteiger partial charge in [0.2, 0.25) is 5.91 Å². The third-order valence-electron chi connectivity index (χ3n) is 4.58. The van der Waals surface area contributed by atoms with Crippen LogP contribution >= 0.6 is 15.9 Å². The summed E-state index contributed by atoms with van der Waals surface area (Å²) in [7, 11) is 0. The highest BCUT2D eigenvalue weighted by atomic mass is 79.9. The van der Waals surface area contributed by atoms with Gasteiger partial charge < -0.3 is 4.90 Å². The Morgan fingerprint density at radius 1 is 1.32 bits per heavy atom. The third kappa shape index (κ3) is 2.45. The van der Waals surface area contributed by atoms with E-state index in [2.05, 4.69) is 33.0 Å². The van der Waals surface area contributed by atoms with Gasteiger partial charge in [0, 0.05) is 18.4 Å². The average molecular weight is 322 g/mol. The molecular weight excluding hydrogens is 302 g/mol. The zero-order valence-electron chi connectivity index (χ0n) is 11.1. The normalized spacial score (nSPS) is 24.5. The Morgan fingerprint density at radius 3 is 2.68 bits per heavy atom. The summed E-state index contributed by atoms with van der Waals surface area (Å²) in [5.74, 6) is 1.06. The summed E-state index contributed by atoms with van der Waals surface area (Å²) in [5.41, 5.74) is 1.04. The van der Waals surface area contributed by atoms with Crippen LogP contribution in [0.3, 0.4) is 0 Å². The number of hydrogen-bond donors (Lipinski definition) is 0. The van der Waals surface area contributed by atoms with Gasteiger partial charge in [0.05, 0.1) is 5.41 Å². The number of carbonyl (C=O) groups is 1. The molecular formula is C16H20BrNO. The van der Waals surface area contributed by atoms with E-state index in [9.17, 15) is 4.79 Å². The standard InChI is InChI=1S/C16H20BrNO/c17-10-6-13-7-11-18(12-13)15(19)16(8-9-16)14-4-2-1-3-5-14/h1-5,13H,6-12H2. The fourth-order valence-corrected chi connectivity index (χ4v) is 3.87. The number of hydrogen-bond acceptors (Lipinski definition) is 1. The van der Waals surface area contributed by atoms with Crippen molar-refractivity contribution in [3.05, 3.63) is 35.9 Å². The minimum atomic E-state index is -0.176. The predicted octanol–water partition coefficient (Wildman–Crippen LogP) is 3.35. The van der Waals surface area contributed by atoms with Crippen LogP contribution in [-0.2, 0) is 10.2 Å². The molecule has 2 fully saturated rings. The van der Waals surface area contributed by atoms with E-state index in [0.29, 0.717) is 11.8 Å². The molecule has 3 heteroatoms. The zero-order valence-corrected chi connectivity index (χ0v) is 12.7. The second kappa shape index (κ2) is 5.28. The van der Waals surface area contributed by atoms with E-state index in [1.54, 1.807) is 0 Å². The number of amides is 1. The molecule has 1 aliphatic carbocycles. The van der Waals surface area contributed by atoms with Gasteiger partial charge >= 0.3 is 0 Å². The van der Waals surface area contributed by atoms with Crippen LogP contribution in [0.2, 0.25) is 0 Å². The van der Waals surface area contributed by atoms with Crippen LogP contribution in [0, 0.1) is 5.92 Å². The lowest BCUT2D eigenvalue weighted by Crippen LogP contribution is -2.37. The van der Waals surface area contributed by atoms with Crippen molar-refractivity contribution >= 4 is 21.8 Å². The molecule has 1 atom stereocenters. The molecule has 2 nitrogen and oxygen atoms in total. The fourth-order valence-electron chi connectivity index (χ4n) is 3.22. The number of rotatable bonds is 4. The van der Waals surface area contributed by atoms with Crippen molar-refractivity contribution in [1.82, 2.24) is 4.90 Å². The summed E-state index contributed by atoms with van der Waals surface area (Å²) in [6.07, 6.45) is 4.40.